The average molecular weight is 344 g/mol. The highest BCUT2D eigenvalue weighted by Gasteiger charge is 2.29. The standard InChI is InChI=1S/C18H20N2O5/c1-11-14(6-8-19-11)17(21)20-15-7-9-24-10-16(15)25-13-4-2-12(3-5-13)18(22)23/h2-6,8,15-16,19H,7,9-10H2,1H3,(H,20,21)(H,22,23)/t15-,16-/m1/s1. The summed E-state index contributed by atoms with van der Waals surface area (Å²) in [5.74, 6) is -0.599. The van der Waals surface area contributed by atoms with E-state index >= 15 is 0 Å². The van der Waals surface area contributed by atoms with Crippen molar-refractivity contribution in [1.82, 2.24) is 10.3 Å². The maximum absolute atomic E-state index is 12.4. The summed E-state index contributed by atoms with van der Waals surface area (Å²) in [6, 6.07) is 7.73. The van der Waals surface area contributed by atoms with Crippen LogP contribution in [0.1, 0.15) is 32.8 Å². The number of aromatic carboxylic acids is 1. The van der Waals surface area contributed by atoms with Crippen LogP contribution in [0.3, 0.4) is 0 Å². The molecule has 1 aliphatic heterocycles. The van der Waals surface area contributed by atoms with Crippen molar-refractivity contribution in [3.05, 3.63) is 53.3 Å². The van der Waals surface area contributed by atoms with Gasteiger partial charge in [0.1, 0.15) is 11.9 Å². The number of aryl methyl sites for hydroxylation is 1. The summed E-state index contributed by atoms with van der Waals surface area (Å²) in [5.41, 5.74) is 1.61. The van der Waals surface area contributed by atoms with Crippen LogP contribution in [0.2, 0.25) is 0 Å². The Morgan fingerprint density at radius 1 is 1.28 bits per heavy atom. The molecule has 2 aromatic rings. The fourth-order valence-corrected chi connectivity index (χ4v) is 2.79. The zero-order valence-corrected chi connectivity index (χ0v) is 13.8. The minimum atomic E-state index is -0.987. The molecule has 1 amide bonds. The van der Waals surface area contributed by atoms with Gasteiger partial charge in [0, 0.05) is 18.5 Å². The Morgan fingerprint density at radius 2 is 2.04 bits per heavy atom. The van der Waals surface area contributed by atoms with Crippen molar-refractivity contribution in [2.45, 2.75) is 25.5 Å². The SMILES string of the molecule is Cc1[nH]ccc1C(=O)N[C@@H]1CCOC[C@H]1Oc1ccc(C(=O)O)cc1. The molecule has 3 rings (SSSR count). The second-order valence-corrected chi connectivity index (χ2v) is 5.95. The lowest BCUT2D eigenvalue weighted by molar-refractivity contribution is -0.0135. The van der Waals surface area contributed by atoms with Gasteiger partial charge in [-0.25, -0.2) is 4.79 Å². The predicted molar refractivity (Wildman–Crippen MR) is 90.0 cm³/mol. The van der Waals surface area contributed by atoms with E-state index in [1.54, 1.807) is 24.4 Å². The lowest BCUT2D eigenvalue weighted by Crippen LogP contribution is -2.51. The van der Waals surface area contributed by atoms with Gasteiger partial charge >= 0.3 is 5.97 Å². The number of ether oxygens (including phenoxy) is 2. The lowest BCUT2D eigenvalue weighted by Gasteiger charge is -2.32. The molecule has 1 saturated heterocycles. The second kappa shape index (κ2) is 7.40. The molecular formula is C18H20N2O5. The summed E-state index contributed by atoms with van der Waals surface area (Å²) in [5, 5.41) is 11.9. The van der Waals surface area contributed by atoms with Gasteiger partial charge in [-0.05, 0) is 43.7 Å². The highest BCUT2D eigenvalue weighted by atomic mass is 16.5. The van der Waals surface area contributed by atoms with Crippen molar-refractivity contribution in [1.29, 1.82) is 0 Å². The minimum Gasteiger partial charge on any atom is -0.486 e. The topological polar surface area (TPSA) is 101 Å². The molecule has 7 heteroatoms. The van der Waals surface area contributed by atoms with Crippen LogP contribution >= 0.6 is 0 Å². The lowest BCUT2D eigenvalue weighted by atomic mass is 10.0. The van der Waals surface area contributed by atoms with E-state index in [0.29, 0.717) is 30.9 Å². The molecule has 0 aliphatic carbocycles. The number of carboxylic acids is 1. The minimum absolute atomic E-state index is 0.152. The monoisotopic (exact) mass is 344 g/mol. The van der Waals surface area contributed by atoms with Gasteiger partial charge in [0.2, 0.25) is 0 Å². The number of nitrogens with one attached hydrogen (secondary N) is 2. The first-order valence-electron chi connectivity index (χ1n) is 8.07. The van der Waals surface area contributed by atoms with E-state index in [4.69, 9.17) is 14.6 Å². The van der Waals surface area contributed by atoms with Crippen LogP contribution in [0, 0.1) is 6.92 Å². The maximum Gasteiger partial charge on any atom is 0.335 e. The maximum atomic E-state index is 12.4. The predicted octanol–water partition coefficient (Wildman–Crippen LogP) is 1.99. The number of aromatic amines is 1. The third-order valence-corrected chi connectivity index (χ3v) is 4.21. The summed E-state index contributed by atoms with van der Waals surface area (Å²) in [7, 11) is 0. The van der Waals surface area contributed by atoms with Gasteiger partial charge in [0.05, 0.1) is 23.8 Å². The summed E-state index contributed by atoms with van der Waals surface area (Å²) in [6.45, 7) is 2.75. The summed E-state index contributed by atoms with van der Waals surface area (Å²) >= 11 is 0. The van der Waals surface area contributed by atoms with Gasteiger partial charge < -0.3 is 24.9 Å². The van der Waals surface area contributed by atoms with E-state index in [1.807, 2.05) is 6.92 Å². The molecule has 1 fully saturated rings. The smallest absolute Gasteiger partial charge is 0.335 e. The molecule has 2 atom stereocenters. The van der Waals surface area contributed by atoms with Crippen molar-refractivity contribution >= 4 is 11.9 Å². The molecular weight excluding hydrogens is 324 g/mol. The number of rotatable bonds is 5. The third kappa shape index (κ3) is 4.00. The Labute approximate surface area is 145 Å². The molecule has 25 heavy (non-hydrogen) atoms. The number of carbonyl (C=O) groups excluding carboxylic acids is 1. The first kappa shape index (κ1) is 17.0. The Hall–Kier alpha value is -2.80. The number of benzene rings is 1. The molecule has 1 aliphatic rings. The number of hydrogen-bond acceptors (Lipinski definition) is 4. The molecule has 2 heterocycles. The number of aromatic nitrogens is 1. The average Bonchev–Trinajstić information content (AvgIpc) is 3.03. The number of carboxylic acid groups (broad SMARTS) is 1. The van der Waals surface area contributed by atoms with E-state index in [1.165, 1.54) is 12.1 Å². The van der Waals surface area contributed by atoms with Crippen LogP contribution < -0.4 is 10.1 Å². The zero-order valence-electron chi connectivity index (χ0n) is 13.8. The first-order chi connectivity index (χ1) is 12.0. The summed E-state index contributed by atoms with van der Waals surface area (Å²) in [4.78, 5) is 26.3. The van der Waals surface area contributed by atoms with E-state index < -0.39 is 5.97 Å². The molecule has 1 aromatic carbocycles. The van der Waals surface area contributed by atoms with Crippen LogP contribution in [0.4, 0.5) is 0 Å². The van der Waals surface area contributed by atoms with Crippen LogP contribution in [0.25, 0.3) is 0 Å². The molecule has 0 saturated carbocycles. The normalized spacial score (nSPS) is 20.0. The van der Waals surface area contributed by atoms with Gasteiger partial charge in [-0.1, -0.05) is 0 Å². The van der Waals surface area contributed by atoms with Crippen LogP contribution in [0.15, 0.2) is 36.5 Å². The van der Waals surface area contributed by atoms with E-state index in [9.17, 15) is 9.59 Å². The van der Waals surface area contributed by atoms with E-state index in [0.717, 1.165) is 5.69 Å². The molecule has 1 aromatic heterocycles. The number of H-pyrrole nitrogens is 1. The number of carbonyl (C=O) groups is 2. The molecule has 0 bridgehead atoms. The van der Waals surface area contributed by atoms with Crippen molar-refractivity contribution in [2.75, 3.05) is 13.2 Å². The third-order valence-electron chi connectivity index (χ3n) is 4.21. The highest BCUT2D eigenvalue weighted by Crippen LogP contribution is 2.19. The molecule has 0 radical (unpaired) electrons. The molecule has 7 nitrogen and oxygen atoms in total. The largest absolute Gasteiger partial charge is 0.486 e. The molecule has 0 spiro atoms. The Morgan fingerprint density at radius 3 is 2.68 bits per heavy atom. The van der Waals surface area contributed by atoms with Gasteiger partial charge in [-0.3, -0.25) is 4.79 Å². The fourth-order valence-electron chi connectivity index (χ4n) is 2.79. The Bertz CT molecular complexity index is 753. The van der Waals surface area contributed by atoms with Crippen molar-refractivity contribution < 1.29 is 24.2 Å². The molecule has 3 N–H and O–H groups in total. The summed E-state index contributed by atoms with van der Waals surface area (Å²) < 4.78 is 11.4. The van der Waals surface area contributed by atoms with E-state index in [2.05, 4.69) is 10.3 Å². The second-order valence-electron chi connectivity index (χ2n) is 5.95. The van der Waals surface area contributed by atoms with Gasteiger partial charge in [0.15, 0.2) is 0 Å². The number of amides is 1. The van der Waals surface area contributed by atoms with E-state index in [-0.39, 0.29) is 23.6 Å². The van der Waals surface area contributed by atoms with Crippen molar-refractivity contribution in [3.8, 4) is 5.75 Å². The molecule has 0 unspecified atom stereocenters. The van der Waals surface area contributed by atoms with Gasteiger partial charge in [-0.2, -0.15) is 0 Å². The zero-order chi connectivity index (χ0) is 17.8. The fraction of sp³-hybridized carbons (Fsp3) is 0.333. The highest BCUT2D eigenvalue weighted by molar-refractivity contribution is 5.95. The molecule has 132 valence electrons. The Kier molecular flexibility index (Phi) is 5.04. The quantitative estimate of drug-likeness (QED) is 0.770. The van der Waals surface area contributed by atoms with Crippen LogP contribution in [-0.4, -0.2) is 47.3 Å². The summed E-state index contributed by atoms with van der Waals surface area (Å²) in [6.07, 6.45) is 2.03. The van der Waals surface area contributed by atoms with Gasteiger partial charge in [-0.15, -0.1) is 0 Å². The number of hydrogen-bond donors (Lipinski definition) is 3. The Balaban J connectivity index is 1.67. The van der Waals surface area contributed by atoms with Gasteiger partial charge in [0.25, 0.3) is 5.91 Å². The first-order valence-corrected chi connectivity index (χ1v) is 8.07. The van der Waals surface area contributed by atoms with Crippen LogP contribution in [-0.2, 0) is 4.74 Å². The van der Waals surface area contributed by atoms with Crippen molar-refractivity contribution in [2.24, 2.45) is 0 Å². The van der Waals surface area contributed by atoms with Crippen molar-refractivity contribution in [3.63, 3.8) is 0 Å². The van der Waals surface area contributed by atoms with Crippen LogP contribution in [0.5, 0.6) is 5.75 Å².